The van der Waals surface area contributed by atoms with Crippen molar-refractivity contribution < 1.29 is 14.3 Å². The molecule has 0 saturated carbocycles. The lowest BCUT2D eigenvalue weighted by Crippen LogP contribution is -2.20. The number of aromatic nitrogens is 2. The van der Waals surface area contributed by atoms with Crippen LogP contribution in [0.25, 0.3) is 0 Å². The molecule has 0 fully saturated rings. The van der Waals surface area contributed by atoms with Gasteiger partial charge in [-0.3, -0.25) is 9.48 Å². The number of methoxy groups -OCH3 is 1. The van der Waals surface area contributed by atoms with Crippen LogP contribution in [0.4, 0.5) is 5.82 Å². The largest absolute Gasteiger partial charge is 0.382 e. The lowest BCUT2D eigenvalue weighted by atomic mass is 10.3. The predicted molar refractivity (Wildman–Crippen MR) is 59.2 cm³/mol. The summed E-state index contributed by atoms with van der Waals surface area (Å²) in [6, 6.07) is 1.94. The molecule has 0 aliphatic heterocycles. The van der Waals surface area contributed by atoms with Crippen LogP contribution >= 0.6 is 0 Å². The zero-order valence-electron chi connectivity index (χ0n) is 9.77. The van der Waals surface area contributed by atoms with Crippen molar-refractivity contribution in [3.8, 4) is 6.07 Å². The Morgan fingerprint density at radius 1 is 1.65 bits per heavy atom. The highest BCUT2D eigenvalue weighted by molar-refractivity contribution is 5.91. The maximum Gasteiger partial charge on any atom is 0.251 e. The molecule has 0 bridgehead atoms. The average Bonchev–Trinajstić information content (AvgIpc) is 2.65. The molecule has 1 N–H and O–H groups in total. The Labute approximate surface area is 98.9 Å². The van der Waals surface area contributed by atoms with E-state index in [2.05, 4.69) is 10.4 Å². The van der Waals surface area contributed by atoms with Gasteiger partial charge >= 0.3 is 0 Å². The molecule has 17 heavy (non-hydrogen) atoms. The average molecular weight is 238 g/mol. The second kappa shape index (κ2) is 6.62. The Hall–Kier alpha value is -1.91. The quantitative estimate of drug-likeness (QED) is 0.699. The molecule has 92 valence electrons. The molecule has 1 rings (SSSR count). The van der Waals surface area contributed by atoms with Crippen molar-refractivity contribution in [2.24, 2.45) is 7.05 Å². The summed E-state index contributed by atoms with van der Waals surface area (Å²) in [5.41, 5.74) is 0.317. The summed E-state index contributed by atoms with van der Waals surface area (Å²) >= 11 is 0. The summed E-state index contributed by atoms with van der Waals surface area (Å²) in [7, 11) is 3.22. The van der Waals surface area contributed by atoms with Gasteiger partial charge in [-0.25, -0.2) is 0 Å². The SMILES string of the molecule is COCCOCC(=O)Nc1nn(C)cc1C#N. The van der Waals surface area contributed by atoms with Crippen molar-refractivity contribution in [2.45, 2.75) is 0 Å². The number of anilines is 1. The number of hydrogen-bond acceptors (Lipinski definition) is 5. The summed E-state index contributed by atoms with van der Waals surface area (Å²) in [6.45, 7) is 0.683. The number of hydrogen-bond donors (Lipinski definition) is 1. The molecule has 0 unspecified atom stereocenters. The Morgan fingerprint density at radius 3 is 3.06 bits per heavy atom. The van der Waals surface area contributed by atoms with Crippen LogP contribution in [-0.4, -0.2) is 42.6 Å². The van der Waals surface area contributed by atoms with E-state index in [1.54, 1.807) is 14.2 Å². The molecule has 7 nitrogen and oxygen atoms in total. The Kier molecular flexibility index (Phi) is 5.13. The molecule has 0 atom stereocenters. The fourth-order valence-corrected chi connectivity index (χ4v) is 1.14. The van der Waals surface area contributed by atoms with Crippen LogP contribution in [0.5, 0.6) is 0 Å². The number of amides is 1. The van der Waals surface area contributed by atoms with Gasteiger partial charge in [-0.2, -0.15) is 10.4 Å². The Balaban J connectivity index is 2.42. The first-order valence-electron chi connectivity index (χ1n) is 4.97. The number of nitriles is 1. The van der Waals surface area contributed by atoms with Crippen LogP contribution < -0.4 is 5.32 Å². The monoisotopic (exact) mass is 238 g/mol. The van der Waals surface area contributed by atoms with Crippen LogP contribution in [0.2, 0.25) is 0 Å². The van der Waals surface area contributed by atoms with Crippen LogP contribution in [0.15, 0.2) is 6.20 Å². The number of aryl methyl sites for hydroxylation is 1. The lowest BCUT2D eigenvalue weighted by molar-refractivity contribution is -0.121. The number of nitrogens with zero attached hydrogens (tertiary/aromatic N) is 3. The van der Waals surface area contributed by atoms with E-state index in [0.29, 0.717) is 18.8 Å². The highest BCUT2D eigenvalue weighted by atomic mass is 16.5. The summed E-state index contributed by atoms with van der Waals surface area (Å²) in [5.74, 6) is -0.105. The molecule has 0 aliphatic rings. The van der Waals surface area contributed by atoms with Crippen LogP contribution in [0.1, 0.15) is 5.56 Å². The van der Waals surface area contributed by atoms with Crippen molar-refractivity contribution >= 4 is 11.7 Å². The second-order valence-electron chi connectivity index (χ2n) is 3.27. The molecular weight excluding hydrogens is 224 g/mol. The number of ether oxygens (including phenoxy) is 2. The van der Waals surface area contributed by atoms with E-state index < -0.39 is 0 Å². The first kappa shape index (κ1) is 13.2. The number of carbonyl (C=O) groups is 1. The molecule has 1 heterocycles. The minimum atomic E-state index is -0.351. The third-order valence-electron chi connectivity index (χ3n) is 1.87. The van der Waals surface area contributed by atoms with E-state index in [1.807, 2.05) is 6.07 Å². The molecule has 0 radical (unpaired) electrons. The molecule has 0 saturated heterocycles. The zero-order valence-corrected chi connectivity index (χ0v) is 9.77. The van der Waals surface area contributed by atoms with Gasteiger partial charge in [0.15, 0.2) is 5.82 Å². The normalized spacial score (nSPS) is 9.94. The Bertz CT molecular complexity index is 422. The summed E-state index contributed by atoms with van der Waals surface area (Å²) in [4.78, 5) is 11.4. The minimum absolute atomic E-state index is 0.0925. The van der Waals surface area contributed by atoms with Gasteiger partial charge in [0, 0.05) is 20.4 Å². The highest BCUT2D eigenvalue weighted by Gasteiger charge is 2.10. The molecule has 7 heteroatoms. The maximum absolute atomic E-state index is 11.4. The van der Waals surface area contributed by atoms with Gasteiger partial charge in [0.1, 0.15) is 18.2 Å². The summed E-state index contributed by atoms with van der Waals surface area (Å²) in [6.07, 6.45) is 1.53. The van der Waals surface area contributed by atoms with Gasteiger partial charge in [-0.15, -0.1) is 0 Å². The second-order valence-corrected chi connectivity index (χ2v) is 3.27. The molecule has 0 spiro atoms. The van der Waals surface area contributed by atoms with Gasteiger partial charge in [-0.1, -0.05) is 0 Å². The smallest absolute Gasteiger partial charge is 0.251 e. The van der Waals surface area contributed by atoms with Gasteiger partial charge in [-0.05, 0) is 0 Å². The lowest BCUT2D eigenvalue weighted by Gasteiger charge is -2.03. The van der Waals surface area contributed by atoms with Crippen LogP contribution in [0, 0.1) is 11.3 Å². The van der Waals surface area contributed by atoms with Crippen molar-refractivity contribution in [1.29, 1.82) is 5.26 Å². The first-order chi connectivity index (χ1) is 8.17. The standard InChI is InChI=1S/C10H14N4O3/c1-14-6-8(5-11)10(13-14)12-9(15)7-17-4-3-16-2/h6H,3-4,7H2,1-2H3,(H,12,13,15). The molecule has 1 amide bonds. The maximum atomic E-state index is 11.4. The fraction of sp³-hybridized carbons (Fsp3) is 0.500. The summed E-state index contributed by atoms with van der Waals surface area (Å²) in [5, 5.41) is 15.2. The minimum Gasteiger partial charge on any atom is -0.382 e. The first-order valence-corrected chi connectivity index (χ1v) is 4.97. The van der Waals surface area contributed by atoms with Gasteiger partial charge in [0.2, 0.25) is 0 Å². The number of carbonyl (C=O) groups excluding carboxylic acids is 1. The zero-order chi connectivity index (χ0) is 12.7. The molecule has 0 aromatic carbocycles. The van der Waals surface area contributed by atoms with E-state index in [9.17, 15) is 4.79 Å². The fourth-order valence-electron chi connectivity index (χ4n) is 1.14. The van der Waals surface area contributed by atoms with E-state index in [0.717, 1.165) is 0 Å². The van der Waals surface area contributed by atoms with Gasteiger partial charge in [0.25, 0.3) is 5.91 Å². The molecule has 1 aromatic heterocycles. The summed E-state index contributed by atoms with van der Waals surface area (Å²) < 4.78 is 11.3. The third kappa shape index (κ3) is 4.22. The predicted octanol–water partition coefficient (Wildman–Crippen LogP) is -0.107. The van der Waals surface area contributed by atoms with Gasteiger partial charge in [0.05, 0.1) is 13.2 Å². The third-order valence-corrected chi connectivity index (χ3v) is 1.87. The van der Waals surface area contributed by atoms with Crippen LogP contribution in [0.3, 0.4) is 0 Å². The molecular formula is C10H14N4O3. The Morgan fingerprint density at radius 2 is 2.41 bits per heavy atom. The number of rotatable bonds is 6. The highest BCUT2D eigenvalue weighted by Crippen LogP contribution is 2.10. The van der Waals surface area contributed by atoms with E-state index in [-0.39, 0.29) is 18.3 Å². The van der Waals surface area contributed by atoms with Crippen LogP contribution in [-0.2, 0) is 21.3 Å². The van der Waals surface area contributed by atoms with Gasteiger partial charge < -0.3 is 14.8 Å². The topological polar surface area (TPSA) is 89.2 Å². The van der Waals surface area contributed by atoms with E-state index in [4.69, 9.17) is 14.7 Å². The molecule has 0 aliphatic carbocycles. The number of nitrogens with one attached hydrogen (secondary N) is 1. The van der Waals surface area contributed by atoms with Crippen molar-refractivity contribution in [2.75, 3.05) is 32.2 Å². The van der Waals surface area contributed by atoms with Crippen molar-refractivity contribution in [1.82, 2.24) is 9.78 Å². The van der Waals surface area contributed by atoms with E-state index >= 15 is 0 Å². The van der Waals surface area contributed by atoms with Crippen molar-refractivity contribution in [3.63, 3.8) is 0 Å². The molecule has 1 aromatic rings. The van der Waals surface area contributed by atoms with Crippen molar-refractivity contribution in [3.05, 3.63) is 11.8 Å². The van der Waals surface area contributed by atoms with E-state index in [1.165, 1.54) is 10.9 Å².